The Morgan fingerprint density at radius 1 is 1.03 bits per heavy atom. The fourth-order valence-electron chi connectivity index (χ4n) is 3.75. The maximum absolute atomic E-state index is 12.8. The number of aryl methyl sites for hydroxylation is 1. The van der Waals surface area contributed by atoms with Gasteiger partial charge in [0, 0.05) is 29.5 Å². The van der Waals surface area contributed by atoms with Gasteiger partial charge in [-0.05, 0) is 87.9 Å². The molecule has 0 fully saturated rings. The smallest absolute Gasteiger partial charge is 0.265 e. The Balaban J connectivity index is 1.51. The fourth-order valence-corrected chi connectivity index (χ4v) is 4.21. The third kappa shape index (κ3) is 5.52. The Bertz CT molecular complexity index is 1350. The number of hydrogen-bond donors (Lipinski definition) is 1. The molecular weight excluding hydrogens is 485 g/mol. The Labute approximate surface area is 214 Å². The van der Waals surface area contributed by atoms with Crippen LogP contribution in [0.4, 0.5) is 11.4 Å². The molecule has 0 aliphatic heterocycles. The highest BCUT2D eigenvalue weighted by Gasteiger charge is 2.18. The number of nitrogens with zero attached hydrogens (tertiary/aromatic N) is 4. The van der Waals surface area contributed by atoms with Gasteiger partial charge < -0.3 is 15.0 Å². The van der Waals surface area contributed by atoms with Crippen LogP contribution in [0.15, 0.2) is 54.6 Å². The summed E-state index contributed by atoms with van der Waals surface area (Å²) in [5, 5.41) is 13.0. The number of carbonyl (C=O) groups is 1. The Kier molecular flexibility index (Phi) is 7.48. The third-order valence-electron chi connectivity index (χ3n) is 5.76. The van der Waals surface area contributed by atoms with Crippen LogP contribution in [-0.4, -0.2) is 40.1 Å². The number of hydrogen-bond acceptors (Lipinski definition) is 5. The summed E-state index contributed by atoms with van der Waals surface area (Å²) in [5.41, 5.74) is 4.95. The lowest BCUT2D eigenvalue weighted by atomic mass is 10.1. The van der Waals surface area contributed by atoms with Gasteiger partial charge in [0.05, 0.1) is 10.7 Å². The minimum Gasteiger partial charge on any atom is -0.479 e. The van der Waals surface area contributed by atoms with Crippen molar-refractivity contribution in [3.05, 3.63) is 70.2 Å². The van der Waals surface area contributed by atoms with Crippen LogP contribution in [0.3, 0.4) is 0 Å². The van der Waals surface area contributed by atoms with Gasteiger partial charge in [-0.25, -0.2) is 0 Å². The van der Waals surface area contributed by atoms with Crippen molar-refractivity contribution in [3.8, 4) is 11.4 Å². The van der Waals surface area contributed by atoms with E-state index in [2.05, 4.69) is 46.4 Å². The van der Waals surface area contributed by atoms with Gasteiger partial charge >= 0.3 is 0 Å². The molecule has 0 saturated carbocycles. The van der Waals surface area contributed by atoms with Crippen molar-refractivity contribution < 1.29 is 9.53 Å². The van der Waals surface area contributed by atoms with Crippen LogP contribution in [-0.2, 0) is 4.79 Å². The van der Waals surface area contributed by atoms with Crippen molar-refractivity contribution in [2.75, 3.05) is 23.3 Å². The van der Waals surface area contributed by atoms with E-state index in [-0.39, 0.29) is 5.91 Å². The summed E-state index contributed by atoms with van der Waals surface area (Å²) in [7, 11) is 0. The standard InChI is InChI=1S/C26H27Cl2N5O2/c1-5-32(6-2)19-8-10-20(11-9-19)33-30-23-13-16(3)22(15-24(23)31-33)29-26(34)17(4)35-25-12-7-18(27)14-21(25)28/h7-15,17H,5-6H2,1-4H3,(H,29,34)/t17-/m1/s1. The number of fused-ring (bicyclic) bond motifs is 1. The zero-order valence-corrected chi connectivity index (χ0v) is 21.6. The Morgan fingerprint density at radius 2 is 1.69 bits per heavy atom. The molecule has 0 saturated heterocycles. The molecule has 3 aromatic carbocycles. The highest BCUT2D eigenvalue weighted by molar-refractivity contribution is 6.35. The molecule has 0 aliphatic carbocycles. The molecule has 1 N–H and O–H groups in total. The number of benzene rings is 3. The molecule has 0 aliphatic rings. The van der Waals surface area contributed by atoms with E-state index in [1.54, 1.807) is 29.9 Å². The molecule has 0 unspecified atom stereocenters. The van der Waals surface area contributed by atoms with E-state index in [1.165, 1.54) is 0 Å². The number of carbonyl (C=O) groups excluding carboxylic acids is 1. The van der Waals surface area contributed by atoms with E-state index < -0.39 is 6.10 Å². The lowest BCUT2D eigenvalue weighted by Crippen LogP contribution is -2.30. The van der Waals surface area contributed by atoms with Gasteiger partial charge in [-0.3, -0.25) is 4.79 Å². The van der Waals surface area contributed by atoms with Crippen LogP contribution in [0.2, 0.25) is 10.0 Å². The van der Waals surface area contributed by atoms with E-state index in [1.807, 2.05) is 31.2 Å². The second kappa shape index (κ2) is 10.5. The summed E-state index contributed by atoms with van der Waals surface area (Å²) in [6.07, 6.45) is -0.774. The molecule has 9 heteroatoms. The molecule has 1 aromatic heterocycles. The minimum atomic E-state index is -0.774. The number of halogens is 2. The molecule has 1 heterocycles. The van der Waals surface area contributed by atoms with Crippen LogP contribution in [0, 0.1) is 6.92 Å². The van der Waals surface area contributed by atoms with E-state index in [0.717, 1.165) is 35.5 Å². The number of aromatic nitrogens is 3. The van der Waals surface area contributed by atoms with Gasteiger partial charge in [-0.2, -0.15) is 4.80 Å². The van der Waals surface area contributed by atoms with Crippen molar-refractivity contribution >= 4 is 51.5 Å². The quantitative estimate of drug-likeness (QED) is 0.301. The van der Waals surface area contributed by atoms with Crippen molar-refractivity contribution in [3.63, 3.8) is 0 Å². The van der Waals surface area contributed by atoms with Crippen LogP contribution >= 0.6 is 23.2 Å². The molecule has 4 rings (SSSR count). The molecule has 7 nitrogen and oxygen atoms in total. The lowest BCUT2D eigenvalue weighted by molar-refractivity contribution is -0.122. The highest BCUT2D eigenvalue weighted by atomic mass is 35.5. The average molecular weight is 512 g/mol. The SMILES string of the molecule is CCN(CC)c1ccc(-n2nc3cc(C)c(NC(=O)[C@@H](C)Oc4ccc(Cl)cc4Cl)cc3n2)cc1. The minimum absolute atomic E-state index is 0.308. The maximum Gasteiger partial charge on any atom is 0.265 e. The molecule has 0 spiro atoms. The molecule has 1 amide bonds. The predicted molar refractivity (Wildman–Crippen MR) is 142 cm³/mol. The van der Waals surface area contributed by atoms with E-state index in [4.69, 9.17) is 27.9 Å². The number of anilines is 2. The summed E-state index contributed by atoms with van der Waals surface area (Å²) in [6, 6.07) is 16.7. The summed E-state index contributed by atoms with van der Waals surface area (Å²) in [4.78, 5) is 16.7. The van der Waals surface area contributed by atoms with Crippen LogP contribution in [0.5, 0.6) is 5.75 Å². The van der Waals surface area contributed by atoms with Crippen LogP contribution < -0.4 is 15.0 Å². The van der Waals surface area contributed by atoms with Gasteiger partial charge in [0.1, 0.15) is 16.8 Å². The first-order chi connectivity index (χ1) is 16.8. The average Bonchev–Trinajstić information content (AvgIpc) is 3.25. The summed E-state index contributed by atoms with van der Waals surface area (Å²) in [5.74, 6) is 0.0821. The van der Waals surface area contributed by atoms with Crippen molar-refractivity contribution in [1.82, 2.24) is 15.0 Å². The Hall–Kier alpha value is -3.29. The normalized spacial score (nSPS) is 11.9. The predicted octanol–water partition coefficient (Wildman–Crippen LogP) is 6.29. The monoisotopic (exact) mass is 511 g/mol. The van der Waals surface area contributed by atoms with Crippen molar-refractivity contribution in [2.24, 2.45) is 0 Å². The molecular formula is C26H27Cl2N5O2. The molecule has 0 bridgehead atoms. The number of rotatable bonds is 8. The maximum atomic E-state index is 12.8. The Morgan fingerprint density at radius 3 is 2.31 bits per heavy atom. The number of amides is 1. The lowest BCUT2D eigenvalue weighted by Gasteiger charge is -2.20. The second-order valence-electron chi connectivity index (χ2n) is 8.16. The topological polar surface area (TPSA) is 72.3 Å². The zero-order chi connectivity index (χ0) is 25.1. The number of nitrogens with one attached hydrogen (secondary N) is 1. The molecule has 35 heavy (non-hydrogen) atoms. The summed E-state index contributed by atoms with van der Waals surface area (Å²) < 4.78 is 5.73. The summed E-state index contributed by atoms with van der Waals surface area (Å²) >= 11 is 12.1. The first-order valence-electron chi connectivity index (χ1n) is 11.4. The van der Waals surface area contributed by atoms with E-state index >= 15 is 0 Å². The van der Waals surface area contributed by atoms with Gasteiger partial charge in [0.25, 0.3) is 5.91 Å². The van der Waals surface area contributed by atoms with Crippen LogP contribution in [0.1, 0.15) is 26.3 Å². The van der Waals surface area contributed by atoms with Crippen molar-refractivity contribution in [1.29, 1.82) is 0 Å². The van der Waals surface area contributed by atoms with Gasteiger partial charge in [0.15, 0.2) is 6.10 Å². The van der Waals surface area contributed by atoms with Gasteiger partial charge in [-0.1, -0.05) is 23.2 Å². The molecule has 1 atom stereocenters. The fraction of sp³-hybridized carbons (Fsp3) is 0.269. The van der Waals surface area contributed by atoms with E-state index in [9.17, 15) is 4.79 Å². The highest BCUT2D eigenvalue weighted by Crippen LogP contribution is 2.29. The van der Waals surface area contributed by atoms with Gasteiger partial charge in [0.2, 0.25) is 0 Å². The second-order valence-corrected chi connectivity index (χ2v) is 9.00. The molecule has 182 valence electrons. The van der Waals surface area contributed by atoms with Gasteiger partial charge in [-0.15, -0.1) is 10.2 Å². The summed E-state index contributed by atoms with van der Waals surface area (Å²) in [6.45, 7) is 9.74. The van der Waals surface area contributed by atoms with Crippen molar-refractivity contribution in [2.45, 2.75) is 33.8 Å². The largest absolute Gasteiger partial charge is 0.479 e. The first kappa shape index (κ1) is 24.8. The molecule has 4 aromatic rings. The number of ether oxygens (including phenoxy) is 1. The third-order valence-corrected chi connectivity index (χ3v) is 6.29. The van der Waals surface area contributed by atoms with Crippen LogP contribution in [0.25, 0.3) is 16.7 Å². The van der Waals surface area contributed by atoms with E-state index in [0.29, 0.717) is 27.0 Å². The zero-order valence-electron chi connectivity index (χ0n) is 20.0. The molecule has 0 radical (unpaired) electrons. The first-order valence-corrected chi connectivity index (χ1v) is 12.2.